The molecule has 0 aliphatic heterocycles. The first-order valence-corrected chi connectivity index (χ1v) is 7.38. The van der Waals surface area contributed by atoms with Crippen LogP contribution in [0.1, 0.15) is 19.4 Å². The minimum Gasteiger partial charge on any atom is -0.497 e. The van der Waals surface area contributed by atoms with Gasteiger partial charge >= 0.3 is 0 Å². The van der Waals surface area contributed by atoms with Gasteiger partial charge in [0.1, 0.15) is 5.75 Å². The van der Waals surface area contributed by atoms with E-state index >= 15 is 0 Å². The highest BCUT2D eigenvalue weighted by molar-refractivity contribution is 8.22. The normalized spacial score (nSPS) is 9.94. The molecule has 0 unspecified atom stereocenters. The number of rotatable bonds is 6. The summed E-state index contributed by atoms with van der Waals surface area (Å²) in [7, 11) is 1.69. The Kier molecular flexibility index (Phi) is 6.50. The van der Waals surface area contributed by atoms with Gasteiger partial charge in [-0.25, -0.2) is 0 Å². The summed E-state index contributed by atoms with van der Waals surface area (Å²) in [5.74, 6) is 3.15. The third-order valence-electron chi connectivity index (χ3n) is 1.97. The highest BCUT2D eigenvalue weighted by Gasteiger charge is 1.98. The van der Waals surface area contributed by atoms with E-state index < -0.39 is 0 Å². The second kappa shape index (κ2) is 7.69. The van der Waals surface area contributed by atoms with Crippen LogP contribution in [0.25, 0.3) is 6.08 Å². The summed E-state index contributed by atoms with van der Waals surface area (Å²) in [6, 6.07) is 8.17. The summed E-state index contributed by atoms with van der Waals surface area (Å²) >= 11 is 3.80. The van der Waals surface area contributed by atoms with Crippen LogP contribution in [0, 0.1) is 0 Å². The van der Waals surface area contributed by atoms with E-state index in [0.717, 1.165) is 17.3 Å². The SMILES string of the molecule is CCSC(=Cc1ccc(OC)cc1)SCC. The monoisotopic (exact) mass is 254 g/mol. The summed E-state index contributed by atoms with van der Waals surface area (Å²) in [6.07, 6.45) is 2.24. The van der Waals surface area contributed by atoms with Gasteiger partial charge < -0.3 is 4.74 Å². The standard InChI is InChI=1S/C13H18OS2/c1-4-15-13(16-5-2)10-11-6-8-12(14-3)9-7-11/h6-10H,4-5H2,1-3H3. The van der Waals surface area contributed by atoms with Crippen molar-refractivity contribution in [3.63, 3.8) is 0 Å². The fourth-order valence-electron chi connectivity index (χ4n) is 1.25. The number of hydrogen-bond acceptors (Lipinski definition) is 3. The van der Waals surface area contributed by atoms with E-state index in [4.69, 9.17) is 4.74 Å². The Morgan fingerprint density at radius 2 is 1.69 bits per heavy atom. The first kappa shape index (κ1) is 13.5. The third kappa shape index (κ3) is 4.54. The van der Waals surface area contributed by atoms with Gasteiger partial charge in [-0.1, -0.05) is 26.0 Å². The topological polar surface area (TPSA) is 9.23 Å². The van der Waals surface area contributed by atoms with Crippen LogP contribution in [-0.2, 0) is 0 Å². The van der Waals surface area contributed by atoms with Gasteiger partial charge in [-0.15, -0.1) is 23.5 Å². The van der Waals surface area contributed by atoms with Crippen LogP contribution in [0.15, 0.2) is 28.5 Å². The fraction of sp³-hybridized carbons (Fsp3) is 0.385. The maximum atomic E-state index is 5.14. The molecule has 0 radical (unpaired) electrons. The molecule has 0 atom stereocenters. The molecule has 3 heteroatoms. The molecule has 1 aromatic carbocycles. The second-order valence-electron chi connectivity index (χ2n) is 3.10. The van der Waals surface area contributed by atoms with Crippen LogP contribution < -0.4 is 4.74 Å². The molecular formula is C13H18OS2. The van der Waals surface area contributed by atoms with Gasteiger partial charge in [0.15, 0.2) is 0 Å². The maximum absolute atomic E-state index is 5.14. The van der Waals surface area contributed by atoms with Crippen LogP contribution in [0.5, 0.6) is 5.75 Å². The molecular weight excluding hydrogens is 236 g/mol. The molecule has 0 aliphatic rings. The van der Waals surface area contributed by atoms with E-state index in [1.807, 2.05) is 35.7 Å². The molecule has 0 aliphatic carbocycles. The minimum absolute atomic E-state index is 0.907. The molecule has 0 aromatic heterocycles. The minimum atomic E-state index is 0.907. The van der Waals surface area contributed by atoms with Crippen molar-refractivity contribution in [3.8, 4) is 5.75 Å². The Morgan fingerprint density at radius 3 is 2.12 bits per heavy atom. The van der Waals surface area contributed by atoms with Gasteiger partial charge in [0, 0.05) is 4.24 Å². The van der Waals surface area contributed by atoms with E-state index in [1.54, 1.807) is 7.11 Å². The van der Waals surface area contributed by atoms with E-state index in [1.165, 1.54) is 9.80 Å². The summed E-state index contributed by atoms with van der Waals surface area (Å²) in [5.41, 5.74) is 1.23. The zero-order valence-corrected chi connectivity index (χ0v) is 11.7. The summed E-state index contributed by atoms with van der Waals surface area (Å²) in [6.45, 7) is 4.37. The molecule has 0 amide bonds. The Bertz CT molecular complexity index is 322. The predicted molar refractivity (Wildman–Crippen MR) is 77.2 cm³/mol. The number of ether oxygens (including phenoxy) is 1. The highest BCUT2D eigenvalue weighted by Crippen LogP contribution is 2.30. The average molecular weight is 254 g/mol. The Balaban J connectivity index is 2.76. The molecule has 16 heavy (non-hydrogen) atoms. The van der Waals surface area contributed by atoms with Crippen molar-refractivity contribution >= 4 is 29.6 Å². The molecule has 0 saturated heterocycles. The Morgan fingerprint density at radius 1 is 1.12 bits per heavy atom. The first-order chi connectivity index (χ1) is 7.80. The largest absolute Gasteiger partial charge is 0.497 e. The zero-order valence-electron chi connectivity index (χ0n) is 10.0. The van der Waals surface area contributed by atoms with Gasteiger partial charge in [0.25, 0.3) is 0 Å². The third-order valence-corrected chi connectivity index (χ3v) is 4.06. The van der Waals surface area contributed by atoms with Gasteiger partial charge in [0.05, 0.1) is 7.11 Å². The Hall–Kier alpha value is -0.540. The van der Waals surface area contributed by atoms with E-state index in [2.05, 4.69) is 32.1 Å². The quantitative estimate of drug-likeness (QED) is 0.739. The van der Waals surface area contributed by atoms with Crippen molar-refractivity contribution in [2.45, 2.75) is 13.8 Å². The van der Waals surface area contributed by atoms with Gasteiger partial charge in [-0.05, 0) is 35.3 Å². The number of benzene rings is 1. The molecule has 0 N–H and O–H groups in total. The zero-order chi connectivity index (χ0) is 11.8. The Labute approximate surface area is 107 Å². The van der Waals surface area contributed by atoms with Crippen LogP contribution in [0.2, 0.25) is 0 Å². The van der Waals surface area contributed by atoms with Crippen LogP contribution >= 0.6 is 23.5 Å². The molecule has 88 valence electrons. The summed E-state index contributed by atoms with van der Waals surface area (Å²) in [4.78, 5) is 0. The smallest absolute Gasteiger partial charge is 0.118 e. The van der Waals surface area contributed by atoms with Crippen molar-refractivity contribution in [2.75, 3.05) is 18.6 Å². The molecule has 1 aromatic rings. The predicted octanol–water partition coefficient (Wildman–Crippen LogP) is 4.50. The van der Waals surface area contributed by atoms with E-state index in [-0.39, 0.29) is 0 Å². The lowest BCUT2D eigenvalue weighted by molar-refractivity contribution is 0.415. The number of methoxy groups -OCH3 is 1. The van der Waals surface area contributed by atoms with Gasteiger partial charge in [-0.3, -0.25) is 0 Å². The molecule has 1 nitrogen and oxygen atoms in total. The summed E-state index contributed by atoms with van der Waals surface area (Å²) in [5, 5.41) is 0. The number of hydrogen-bond donors (Lipinski definition) is 0. The fourth-order valence-corrected chi connectivity index (χ4v) is 3.29. The molecule has 0 saturated carbocycles. The first-order valence-electron chi connectivity index (χ1n) is 5.41. The summed E-state index contributed by atoms with van der Waals surface area (Å²) < 4.78 is 6.52. The number of thioether (sulfide) groups is 2. The molecule has 0 spiro atoms. The lowest BCUT2D eigenvalue weighted by atomic mass is 10.2. The van der Waals surface area contributed by atoms with Crippen molar-refractivity contribution in [2.24, 2.45) is 0 Å². The van der Waals surface area contributed by atoms with Gasteiger partial charge in [0.2, 0.25) is 0 Å². The van der Waals surface area contributed by atoms with Gasteiger partial charge in [-0.2, -0.15) is 0 Å². The van der Waals surface area contributed by atoms with Crippen LogP contribution in [0.4, 0.5) is 0 Å². The molecule has 0 heterocycles. The van der Waals surface area contributed by atoms with Crippen molar-refractivity contribution in [3.05, 3.63) is 34.1 Å². The van der Waals surface area contributed by atoms with Crippen LogP contribution in [-0.4, -0.2) is 18.6 Å². The molecule has 1 rings (SSSR count). The van der Waals surface area contributed by atoms with Crippen molar-refractivity contribution in [1.29, 1.82) is 0 Å². The molecule has 0 bridgehead atoms. The lowest BCUT2D eigenvalue weighted by Crippen LogP contribution is -1.82. The second-order valence-corrected chi connectivity index (χ2v) is 5.97. The average Bonchev–Trinajstić information content (AvgIpc) is 2.31. The highest BCUT2D eigenvalue weighted by atomic mass is 32.2. The lowest BCUT2D eigenvalue weighted by Gasteiger charge is -2.04. The van der Waals surface area contributed by atoms with E-state index in [9.17, 15) is 0 Å². The van der Waals surface area contributed by atoms with Crippen molar-refractivity contribution < 1.29 is 4.74 Å². The van der Waals surface area contributed by atoms with E-state index in [0.29, 0.717) is 0 Å². The van der Waals surface area contributed by atoms with Crippen LogP contribution in [0.3, 0.4) is 0 Å². The molecule has 0 fully saturated rings. The van der Waals surface area contributed by atoms with Crippen molar-refractivity contribution in [1.82, 2.24) is 0 Å². The maximum Gasteiger partial charge on any atom is 0.118 e.